The third-order valence-electron chi connectivity index (χ3n) is 2.95. The Kier molecular flexibility index (Phi) is 4.57. The van der Waals surface area contributed by atoms with Crippen molar-refractivity contribution < 1.29 is 19.8 Å². The van der Waals surface area contributed by atoms with Crippen LogP contribution in [0.15, 0.2) is 22.7 Å². The van der Waals surface area contributed by atoms with Crippen LogP contribution in [0.2, 0.25) is 0 Å². The maximum Gasteiger partial charge on any atom is 0.329 e. The highest BCUT2D eigenvalue weighted by atomic mass is 79.9. The Hall–Kier alpha value is -1.56. The van der Waals surface area contributed by atoms with Crippen molar-refractivity contribution in [1.29, 1.82) is 0 Å². The van der Waals surface area contributed by atoms with E-state index in [1.54, 1.807) is 13.0 Å². The van der Waals surface area contributed by atoms with Crippen LogP contribution in [0.5, 0.6) is 5.75 Å². The Morgan fingerprint density at radius 2 is 1.95 bits per heavy atom. The normalized spacial score (nSPS) is 11.2. The summed E-state index contributed by atoms with van der Waals surface area (Å²) in [4.78, 5) is 24.8. The van der Waals surface area contributed by atoms with Gasteiger partial charge in [0.05, 0.1) is 5.56 Å². The molecule has 0 aliphatic rings. The summed E-state index contributed by atoms with van der Waals surface area (Å²) in [6, 6.07) is 4.46. The topological polar surface area (TPSA) is 77.8 Å². The minimum Gasteiger partial charge on any atom is -0.507 e. The number of halogens is 1. The lowest BCUT2D eigenvalue weighted by atomic mass is 10.0. The van der Waals surface area contributed by atoms with E-state index >= 15 is 0 Å². The highest BCUT2D eigenvalue weighted by molar-refractivity contribution is 9.10. The molecule has 1 amide bonds. The number of aliphatic carboxylic acids is 1. The summed E-state index contributed by atoms with van der Waals surface area (Å²) in [6.45, 7) is 4.82. The van der Waals surface area contributed by atoms with Crippen LogP contribution >= 0.6 is 15.9 Å². The number of carbonyl (C=O) groups is 2. The molecule has 0 aliphatic carbocycles. The lowest BCUT2D eigenvalue weighted by Gasteiger charge is -2.34. The summed E-state index contributed by atoms with van der Waals surface area (Å²) in [5.41, 5.74) is -1.27. The number of carboxylic acids is 1. The van der Waals surface area contributed by atoms with E-state index in [1.807, 2.05) is 0 Å². The van der Waals surface area contributed by atoms with Crippen LogP contribution < -0.4 is 0 Å². The Labute approximate surface area is 120 Å². The SMILES string of the molecule is CCN(C(=O)c1cc(Br)ccc1O)C(C)(C)C(=O)O. The Bertz CT molecular complexity index is 513. The van der Waals surface area contributed by atoms with Gasteiger partial charge in [0.1, 0.15) is 11.3 Å². The van der Waals surface area contributed by atoms with E-state index in [4.69, 9.17) is 0 Å². The van der Waals surface area contributed by atoms with E-state index in [0.29, 0.717) is 4.47 Å². The molecule has 0 heterocycles. The maximum atomic E-state index is 12.4. The number of nitrogens with zero attached hydrogens (tertiary/aromatic N) is 1. The van der Waals surface area contributed by atoms with Crippen LogP contribution in [0.3, 0.4) is 0 Å². The highest BCUT2D eigenvalue weighted by Crippen LogP contribution is 2.26. The Morgan fingerprint density at radius 3 is 2.42 bits per heavy atom. The predicted molar refractivity (Wildman–Crippen MR) is 74.2 cm³/mol. The average Bonchev–Trinajstić information content (AvgIpc) is 2.32. The van der Waals surface area contributed by atoms with Crippen LogP contribution in [-0.2, 0) is 4.79 Å². The molecule has 0 aromatic heterocycles. The van der Waals surface area contributed by atoms with Crippen LogP contribution in [0.25, 0.3) is 0 Å². The summed E-state index contributed by atoms with van der Waals surface area (Å²) in [5, 5.41) is 18.9. The summed E-state index contributed by atoms with van der Waals surface area (Å²) in [5.74, 6) is -1.79. The molecule has 0 saturated heterocycles. The van der Waals surface area contributed by atoms with Crippen molar-refractivity contribution in [2.24, 2.45) is 0 Å². The van der Waals surface area contributed by atoms with Crippen LogP contribution in [0.4, 0.5) is 0 Å². The molecule has 0 saturated carbocycles. The molecule has 0 aliphatic heterocycles. The van der Waals surface area contributed by atoms with Crippen molar-refractivity contribution in [3.05, 3.63) is 28.2 Å². The van der Waals surface area contributed by atoms with E-state index in [2.05, 4.69) is 15.9 Å². The first-order valence-corrected chi connectivity index (χ1v) is 6.55. The smallest absolute Gasteiger partial charge is 0.329 e. The second kappa shape index (κ2) is 5.61. The molecule has 1 rings (SSSR count). The lowest BCUT2D eigenvalue weighted by Crippen LogP contribution is -2.52. The van der Waals surface area contributed by atoms with E-state index in [0.717, 1.165) is 0 Å². The highest BCUT2D eigenvalue weighted by Gasteiger charge is 2.37. The number of benzene rings is 1. The number of carbonyl (C=O) groups excluding carboxylic acids is 1. The number of phenols is 1. The van der Waals surface area contributed by atoms with Gasteiger partial charge < -0.3 is 15.1 Å². The molecule has 0 radical (unpaired) electrons. The largest absolute Gasteiger partial charge is 0.507 e. The number of amides is 1. The maximum absolute atomic E-state index is 12.4. The number of likely N-dealkylation sites (N-methyl/N-ethyl adjacent to an activating group) is 1. The minimum atomic E-state index is -1.35. The van der Waals surface area contributed by atoms with E-state index in [-0.39, 0.29) is 17.9 Å². The molecule has 6 heteroatoms. The van der Waals surface area contributed by atoms with Gasteiger partial charge in [0, 0.05) is 11.0 Å². The van der Waals surface area contributed by atoms with Gasteiger partial charge in [-0.2, -0.15) is 0 Å². The zero-order valence-electron chi connectivity index (χ0n) is 11.0. The molecule has 104 valence electrons. The van der Waals surface area contributed by atoms with Gasteiger partial charge in [-0.1, -0.05) is 15.9 Å². The van der Waals surface area contributed by atoms with Crippen molar-refractivity contribution >= 4 is 27.8 Å². The van der Waals surface area contributed by atoms with Gasteiger partial charge in [0.15, 0.2) is 0 Å². The predicted octanol–water partition coefficient (Wildman–Crippen LogP) is 2.48. The third kappa shape index (κ3) is 3.07. The summed E-state index contributed by atoms with van der Waals surface area (Å²) >= 11 is 3.22. The molecule has 0 fully saturated rings. The van der Waals surface area contributed by atoms with Gasteiger partial charge in [0.2, 0.25) is 0 Å². The minimum absolute atomic E-state index is 0.0746. The van der Waals surface area contributed by atoms with Gasteiger partial charge in [-0.15, -0.1) is 0 Å². The molecule has 19 heavy (non-hydrogen) atoms. The molecular weight excluding hydrogens is 314 g/mol. The number of carboxylic acid groups (broad SMARTS) is 1. The average molecular weight is 330 g/mol. The van der Waals surface area contributed by atoms with Gasteiger partial charge in [-0.05, 0) is 39.0 Å². The molecule has 5 nitrogen and oxygen atoms in total. The molecule has 0 spiro atoms. The summed E-state index contributed by atoms with van der Waals surface area (Å²) < 4.78 is 0.637. The molecule has 0 atom stereocenters. The Morgan fingerprint density at radius 1 is 1.37 bits per heavy atom. The number of hydrogen-bond acceptors (Lipinski definition) is 3. The molecule has 1 aromatic rings. The van der Waals surface area contributed by atoms with Crippen LogP contribution in [0.1, 0.15) is 31.1 Å². The third-order valence-corrected chi connectivity index (χ3v) is 3.44. The van der Waals surface area contributed by atoms with Crippen molar-refractivity contribution in [3.63, 3.8) is 0 Å². The van der Waals surface area contributed by atoms with Crippen molar-refractivity contribution in [1.82, 2.24) is 4.90 Å². The van der Waals surface area contributed by atoms with E-state index < -0.39 is 17.4 Å². The quantitative estimate of drug-likeness (QED) is 0.889. The summed E-state index contributed by atoms with van der Waals surface area (Å²) in [7, 11) is 0. The second-order valence-corrected chi connectivity index (χ2v) is 5.49. The van der Waals surface area contributed by atoms with Gasteiger partial charge in [-0.3, -0.25) is 4.79 Å². The molecule has 2 N–H and O–H groups in total. The van der Waals surface area contributed by atoms with Crippen LogP contribution in [0, 0.1) is 0 Å². The first-order chi connectivity index (χ1) is 8.71. The van der Waals surface area contributed by atoms with Gasteiger partial charge >= 0.3 is 5.97 Å². The monoisotopic (exact) mass is 329 g/mol. The van der Waals surface area contributed by atoms with E-state index in [1.165, 1.54) is 30.9 Å². The number of aromatic hydroxyl groups is 1. The van der Waals surface area contributed by atoms with Crippen molar-refractivity contribution in [3.8, 4) is 5.75 Å². The number of hydrogen-bond donors (Lipinski definition) is 2. The van der Waals surface area contributed by atoms with E-state index in [9.17, 15) is 19.8 Å². The molecule has 0 bridgehead atoms. The zero-order valence-corrected chi connectivity index (χ0v) is 12.6. The standard InChI is InChI=1S/C13H16BrNO4/c1-4-15(13(2,3)12(18)19)11(17)9-7-8(14)5-6-10(9)16/h5-7,16H,4H2,1-3H3,(H,18,19). The van der Waals surface area contributed by atoms with Gasteiger partial charge in [-0.25, -0.2) is 4.79 Å². The number of rotatable bonds is 4. The molecule has 0 unspecified atom stereocenters. The first kappa shape index (κ1) is 15.5. The van der Waals surface area contributed by atoms with Crippen molar-refractivity contribution in [2.75, 3.05) is 6.54 Å². The fourth-order valence-corrected chi connectivity index (χ4v) is 2.09. The molecule has 1 aromatic carbocycles. The first-order valence-electron chi connectivity index (χ1n) is 5.75. The fraction of sp³-hybridized carbons (Fsp3) is 0.385. The van der Waals surface area contributed by atoms with Crippen LogP contribution in [-0.4, -0.2) is 39.1 Å². The van der Waals surface area contributed by atoms with Crippen molar-refractivity contribution in [2.45, 2.75) is 26.3 Å². The van der Waals surface area contributed by atoms with Gasteiger partial charge in [0.25, 0.3) is 5.91 Å². The fourth-order valence-electron chi connectivity index (χ4n) is 1.73. The Balaban J connectivity index is 3.23. The zero-order chi connectivity index (χ0) is 14.8. The number of phenolic OH excluding ortho intramolecular Hbond substituents is 1. The summed E-state index contributed by atoms with van der Waals surface area (Å²) in [6.07, 6.45) is 0. The lowest BCUT2D eigenvalue weighted by molar-refractivity contribution is -0.147. The molecular formula is C13H16BrNO4. The second-order valence-electron chi connectivity index (χ2n) is 4.58.